The van der Waals surface area contributed by atoms with Crippen LogP contribution in [0.4, 0.5) is 0 Å². The summed E-state index contributed by atoms with van der Waals surface area (Å²) in [5.41, 5.74) is 0.698. The van der Waals surface area contributed by atoms with Gasteiger partial charge in [0.05, 0.1) is 22.3 Å². The molecule has 27 heavy (non-hydrogen) atoms. The van der Waals surface area contributed by atoms with Crippen molar-refractivity contribution in [3.05, 3.63) is 35.9 Å². The summed E-state index contributed by atoms with van der Waals surface area (Å²) in [6, 6.07) is 8.19. The lowest BCUT2D eigenvalue weighted by Gasteiger charge is -2.42. The maximum atomic E-state index is 14.3. The maximum absolute atomic E-state index is 14.3. The molecule has 1 aromatic carbocycles. The van der Waals surface area contributed by atoms with E-state index >= 15 is 0 Å². The first-order valence-corrected chi connectivity index (χ1v) is 12.1. The van der Waals surface area contributed by atoms with E-state index in [4.69, 9.17) is 14.0 Å². The minimum absolute atomic E-state index is 0.209. The van der Waals surface area contributed by atoms with E-state index in [1.807, 2.05) is 65.0 Å². The predicted octanol–water partition coefficient (Wildman–Crippen LogP) is 4.58. The average Bonchev–Trinajstić information content (AvgIpc) is 2.61. The average molecular weight is 420 g/mol. The van der Waals surface area contributed by atoms with Crippen LogP contribution in [0.2, 0.25) is 0 Å². The van der Waals surface area contributed by atoms with E-state index < -0.39 is 34.4 Å². The van der Waals surface area contributed by atoms with Crippen molar-refractivity contribution in [1.29, 1.82) is 0 Å². The minimum Gasteiger partial charge on any atom is -0.345 e. The predicted molar refractivity (Wildman–Crippen MR) is 111 cm³/mol. The Bertz CT molecular complexity index is 643. The minimum atomic E-state index is -3.68. The van der Waals surface area contributed by atoms with Gasteiger partial charge in [-0.25, -0.2) is 8.93 Å². The standard InChI is InChI=1S/C19H34NO5PS/c1-8-23-17(24-9-2)26(21,25-10-3)19(7,16-14-12-11-13-15-16)20-27(22)18(4,5)6/h11-15,17,20H,8-10H2,1-7H3/t19-,26-,27+/m1/s1. The Morgan fingerprint density at radius 2 is 1.52 bits per heavy atom. The van der Waals surface area contributed by atoms with Crippen molar-refractivity contribution < 1.29 is 22.8 Å². The molecule has 1 rings (SSSR count). The van der Waals surface area contributed by atoms with E-state index in [0.717, 1.165) is 0 Å². The molecule has 0 aliphatic rings. The third-order valence-corrected chi connectivity index (χ3v) is 8.99. The van der Waals surface area contributed by atoms with Crippen molar-refractivity contribution in [1.82, 2.24) is 4.72 Å². The van der Waals surface area contributed by atoms with Gasteiger partial charge in [0.25, 0.3) is 7.37 Å². The number of hydrogen-bond acceptors (Lipinski definition) is 5. The van der Waals surface area contributed by atoms with Crippen LogP contribution >= 0.6 is 7.37 Å². The third kappa shape index (κ3) is 5.72. The molecule has 156 valence electrons. The fraction of sp³-hybridized carbons (Fsp3) is 0.684. The molecule has 0 bridgehead atoms. The van der Waals surface area contributed by atoms with E-state index in [0.29, 0.717) is 18.8 Å². The number of hydrogen-bond donors (Lipinski definition) is 1. The monoisotopic (exact) mass is 419 g/mol. The normalized spacial score (nSPS) is 18.1. The molecular formula is C19H34NO5PS. The lowest BCUT2D eigenvalue weighted by molar-refractivity contribution is -0.0911. The Morgan fingerprint density at radius 3 is 1.93 bits per heavy atom. The van der Waals surface area contributed by atoms with E-state index in [-0.39, 0.29) is 6.61 Å². The third-order valence-electron chi connectivity index (χ3n) is 4.02. The van der Waals surface area contributed by atoms with E-state index in [9.17, 15) is 8.77 Å². The second kappa shape index (κ2) is 10.3. The molecule has 0 fully saturated rings. The zero-order valence-corrected chi connectivity index (χ0v) is 19.2. The summed E-state index contributed by atoms with van der Waals surface area (Å²) in [6.45, 7) is 13.5. The molecule has 0 aliphatic heterocycles. The van der Waals surface area contributed by atoms with Gasteiger partial charge in [-0.1, -0.05) is 30.3 Å². The lowest BCUT2D eigenvalue weighted by atomic mass is 10.1. The smallest absolute Gasteiger partial charge is 0.281 e. The lowest BCUT2D eigenvalue weighted by Crippen LogP contribution is -2.48. The SMILES string of the molecule is CCOC(OCC)[P@@](=O)(OCC)[C@@](C)(N[S@@](=O)C(C)(C)C)c1ccccc1. The molecule has 1 N–H and O–H groups in total. The zero-order valence-electron chi connectivity index (χ0n) is 17.5. The second-order valence-electron chi connectivity index (χ2n) is 7.15. The molecule has 0 saturated carbocycles. The molecule has 6 nitrogen and oxygen atoms in total. The molecule has 0 radical (unpaired) electrons. The van der Waals surface area contributed by atoms with Gasteiger partial charge in [-0.05, 0) is 54.0 Å². The molecule has 1 aromatic rings. The van der Waals surface area contributed by atoms with Crippen LogP contribution in [-0.4, -0.2) is 34.8 Å². The first-order chi connectivity index (χ1) is 12.6. The van der Waals surface area contributed by atoms with Crippen molar-refractivity contribution in [3.8, 4) is 0 Å². The number of nitrogens with one attached hydrogen (secondary N) is 1. The van der Waals surface area contributed by atoms with Gasteiger partial charge in [0.2, 0.25) is 6.03 Å². The van der Waals surface area contributed by atoms with Gasteiger partial charge in [-0.3, -0.25) is 4.57 Å². The van der Waals surface area contributed by atoms with Crippen LogP contribution in [0, 0.1) is 0 Å². The van der Waals surface area contributed by atoms with Crippen LogP contribution in [0.5, 0.6) is 0 Å². The molecule has 0 saturated heterocycles. The number of rotatable bonds is 11. The molecule has 0 heterocycles. The van der Waals surface area contributed by atoms with Crippen LogP contribution in [0.25, 0.3) is 0 Å². The summed E-state index contributed by atoms with van der Waals surface area (Å²) in [5, 5.41) is -1.27. The van der Waals surface area contributed by atoms with Gasteiger partial charge in [0.15, 0.2) is 0 Å². The second-order valence-corrected chi connectivity index (χ2v) is 11.9. The van der Waals surface area contributed by atoms with Crippen molar-refractivity contribution in [2.45, 2.75) is 64.5 Å². The van der Waals surface area contributed by atoms with Crippen LogP contribution in [0.3, 0.4) is 0 Å². The number of ether oxygens (including phenoxy) is 2. The van der Waals surface area contributed by atoms with Gasteiger partial charge in [0, 0.05) is 13.2 Å². The van der Waals surface area contributed by atoms with Crippen LogP contribution in [-0.2, 0) is 34.8 Å². The Labute approximate surface area is 166 Å². The molecular weight excluding hydrogens is 385 g/mol. The molecule has 0 aliphatic carbocycles. The summed E-state index contributed by atoms with van der Waals surface area (Å²) < 4.78 is 47.0. The van der Waals surface area contributed by atoms with Crippen molar-refractivity contribution in [2.24, 2.45) is 0 Å². The van der Waals surface area contributed by atoms with Crippen molar-refractivity contribution in [2.75, 3.05) is 19.8 Å². The Hall–Kier alpha value is -0.560. The van der Waals surface area contributed by atoms with Gasteiger partial charge >= 0.3 is 0 Å². The molecule has 0 amide bonds. The summed E-state index contributed by atoms with van der Waals surface area (Å²) in [7, 11) is -5.17. The summed E-state index contributed by atoms with van der Waals surface area (Å²) in [5.74, 6) is 0. The highest BCUT2D eigenvalue weighted by Gasteiger charge is 2.55. The van der Waals surface area contributed by atoms with Gasteiger partial charge in [-0.2, -0.15) is 0 Å². The summed E-state index contributed by atoms with van der Waals surface area (Å²) in [6.07, 6.45) is 0. The van der Waals surface area contributed by atoms with Gasteiger partial charge in [0.1, 0.15) is 5.28 Å². The fourth-order valence-electron chi connectivity index (χ4n) is 2.52. The van der Waals surface area contributed by atoms with E-state index in [2.05, 4.69) is 4.72 Å². The molecule has 3 atom stereocenters. The maximum Gasteiger partial charge on any atom is 0.281 e. The topological polar surface area (TPSA) is 73.9 Å². The molecule has 0 aromatic heterocycles. The van der Waals surface area contributed by atoms with E-state index in [1.165, 1.54) is 0 Å². The van der Waals surface area contributed by atoms with Crippen molar-refractivity contribution in [3.63, 3.8) is 0 Å². The Kier molecular flexibility index (Phi) is 9.32. The van der Waals surface area contributed by atoms with Crippen LogP contribution in [0.15, 0.2) is 30.3 Å². The Morgan fingerprint density at radius 1 is 1.00 bits per heavy atom. The first-order valence-electron chi connectivity index (χ1n) is 9.29. The largest absolute Gasteiger partial charge is 0.345 e. The summed E-state index contributed by atoms with van der Waals surface area (Å²) >= 11 is 0. The van der Waals surface area contributed by atoms with Gasteiger partial charge in [-0.15, -0.1) is 0 Å². The van der Waals surface area contributed by atoms with Crippen molar-refractivity contribution >= 4 is 18.4 Å². The molecule has 0 spiro atoms. The van der Waals surface area contributed by atoms with Gasteiger partial charge < -0.3 is 14.0 Å². The van der Waals surface area contributed by atoms with Crippen LogP contribution in [0.1, 0.15) is 54.0 Å². The highest BCUT2D eigenvalue weighted by atomic mass is 32.2. The molecule has 8 heteroatoms. The van der Waals surface area contributed by atoms with Crippen LogP contribution < -0.4 is 4.72 Å². The Balaban J connectivity index is 3.60. The van der Waals surface area contributed by atoms with E-state index in [1.54, 1.807) is 13.8 Å². The number of benzene rings is 1. The summed E-state index contributed by atoms with van der Waals surface area (Å²) in [4.78, 5) is 0. The highest BCUT2D eigenvalue weighted by molar-refractivity contribution is 7.85. The first kappa shape index (κ1) is 24.5. The fourth-order valence-corrected chi connectivity index (χ4v) is 6.45. The molecule has 0 unspecified atom stereocenters. The highest BCUT2D eigenvalue weighted by Crippen LogP contribution is 2.66. The quantitative estimate of drug-likeness (QED) is 0.420. The zero-order chi connectivity index (χ0) is 20.7.